The van der Waals surface area contributed by atoms with E-state index in [9.17, 15) is 18.0 Å². The number of aryl methyl sites for hydroxylation is 1. The third kappa shape index (κ3) is 4.49. The summed E-state index contributed by atoms with van der Waals surface area (Å²) >= 11 is 0. The van der Waals surface area contributed by atoms with Crippen molar-refractivity contribution in [2.75, 3.05) is 40.3 Å². The number of rotatable bonds is 4. The molecule has 0 saturated carbocycles. The normalized spacial score (nSPS) is 14.9. The number of carbonyl (C=O) groups is 2. The molecule has 29 heavy (non-hydrogen) atoms. The minimum atomic E-state index is -3.53. The van der Waals surface area contributed by atoms with Gasteiger partial charge in [-0.05, 0) is 43.3 Å². The molecule has 7 nitrogen and oxygen atoms in total. The molecule has 3 rings (SSSR count). The molecule has 2 aromatic carbocycles. The first-order valence-corrected chi connectivity index (χ1v) is 10.8. The Labute approximate surface area is 171 Å². The first-order chi connectivity index (χ1) is 13.7. The second-order valence-electron chi connectivity index (χ2n) is 7.26. The monoisotopic (exact) mass is 415 g/mol. The lowest BCUT2D eigenvalue weighted by Gasteiger charge is -2.35. The Balaban J connectivity index is 1.63. The fourth-order valence-electron chi connectivity index (χ4n) is 3.15. The fraction of sp³-hybridized carbons (Fsp3) is 0.333. The molecule has 0 bridgehead atoms. The number of amides is 2. The van der Waals surface area contributed by atoms with Crippen molar-refractivity contribution in [3.8, 4) is 0 Å². The van der Waals surface area contributed by atoms with Crippen LogP contribution in [0.15, 0.2) is 53.4 Å². The second-order valence-corrected chi connectivity index (χ2v) is 9.41. The predicted molar refractivity (Wildman–Crippen MR) is 110 cm³/mol. The van der Waals surface area contributed by atoms with E-state index < -0.39 is 10.0 Å². The topological polar surface area (TPSA) is 78.0 Å². The quantitative estimate of drug-likeness (QED) is 0.764. The number of benzene rings is 2. The molecular formula is C21H25N3O4S. The highest BCUT2D eigenvalue weighted by Crippen LogP contribution is 2.17. The van der Waals surface area contributed by atoms with Gasteiger partial charge in [-0.25, -0.2) is 12.7 Å². The molecule has 1 heterocycles. The zero-order chi connectivity index (χ0) is 21.2. The average molecular weight is 416 g/mol. The summed E-state index contributed by atoms with van der Waals surface area (Å²) in [5.74, 6) is -0.198. The molecule has 1 aliphatic rings. The van der Waals surface area contributed by atoms with Crippen molar-refractivity contribution in [2.45, 2.75) is 11.8 Å². The molecule has 0 radical (unpaired) electrons. The van der Waals surface area contributed by atoms with Gasteiger partial charge in [0.15, 0.2) is 0 Å². The highest BCUT2D eigenvalue weighted by Gasteiger charge is 2.26. The minimum absolute atomic E-state index is 0.0321. The van der Waals surface area contributed by atoms with Crippen LogP contribution in [-0.2, 0) is 10.0 Å². The van der Waals surface area contributed by atoms with Gasteiger partial charge in [-0.15, -0.1) is 0 Å². The summed E-state index contributed by atoms with van der Waals surface area (Å²) in [6, 6.07) is 13.4. The molecule has 2 aromatic rings. The van der Waals surface area contributed by atoms with Gasteiger partial charge in [-0.2, -0.15) is 0 Å². The number of piperazine rings is 1. The van der Waals surface area contributed by atoms with Crippen molar-refractivity contribution in [3.05, 3.63) is 65.2 Å². The van der Waals surface area contributed by atoms with Gasteiger partial charge in [0.1, 0.15) is 0 Å². The summed E-state index contributed by atoms with van der Waals surface area (Å²) in [6.45, 7) is 3.78. The molecule has 0 aromatic heterocycles. The second kappa shape index (κ2) is 8.34. The highest BCUT2D eigenvalue weighted by molar-refractivity contribution is 7.89. The highest BCUT2D eigenvalue weighted by atomic mass is 32.2. The molecule has 0 atom stereocenters. The Morgan fingerprint density at radius 2 is 1.14 bits per heavy atom. The molecule has 1 aliphatic heterocycles. The zero-order valence-corrected chi connectivity index (χ0v) is 17.6. The van der Waals surface area contributed by atoms with E-state index >= 15 is 0 Å². The smallest absolute Gasteiger partial charge is 0.253 e. The van der Waals surface area contributed by atoms with E-state index in [0.29, 0.717) is 37.3 Å². The summed E-state index contributed by atoms with van der Waals surface area (Å²) in [6.07, 6.45) is 0. The van der Waals surface area contributed by atoms with Gasteiger partial charge in [0, 0.05) is 51.4 Å². The minimum Gasteiger partial charge on any atom is -0.335 e. The first kappa shape index (κ1) is 21.0. The van der Waals surface area contributed by atoms with Crippen LogP contribution < -0.4 is 0 Å². The Morgan fingerprint density at radius 1 is 0.759 bits per heavy atom. The molecule has 0 aliphatic carbocycles. The van der Waals surface area contributed by atoms with E-state index in [0.717, 1.165) is 9.87 Å². The molecule has 154 valence electrons. The summed E-state index contributed by atoms with van der Waals surface area (Å²) in [7, 11) is -0.598. The van der Waals surface area contributed by atoms with Crippen LogP contribution in [0.4, 0.5) is 0 Å². The van der Waals surface area contributed by atoms with Gasteiger partial charge < -0.3 is 9.80 Å². The summed E-state index contributed by atoms with van der Waals surface area (Å²) in [4.78, 5) is 28.9. The molecule has 0 N–H and O–H groups in total. The van der Waals surface area contributed by atoms with E-state index in [2.05, 4.69) is 0 Å². The van der Waals surface area contributed by atoms with Crippen molar-refractivity contribution in [3.63, 3.8) is 0 Å². The van der Waals surface area contributed by atoms with E-state index in [-0.39, 0.29) is 16.7 Å². The van der Waals surface area contributed by atoms with Crippen LogP contribution in [0.2, 0.25) is 0 Å². The average Bonchev–Trinajstić information content (AvgIpc) is 2.73. The maximum atomic E-state index is 12.7. The molecule has 0 unspecified atom stereocenters. The summed E-state index contributed by atoms with van der Waals surface area (Å²) in [5, 5.41) is 0. The third-order valence-corrected chi connectivity index (χ3v) is 6.86. The first-order valence-electron chi connectivity index (χ1n) is 9.38. The Morgan fingerprint density at radius 3 is 1.52 bits per heavy atom. The van der Waals surface area contributed by atoms with E-state index in [1.807, 2.05) is 31.2 Å². The molecular weight excluding hydrogens is 390 g/mol. The number of sulfonamides is 1. The Hall–Kier alpha value is -2.71. The van der Waals surface area contributed by atoms with Crippen LogP contribution in [0.1, 0.15) is 26.3 Å². The third-order valence-electron chi connectivity index (χ3n) is 5.03. The SMILES string of the molecule is Cc1ccc(C(=O)N2CCN(C(=O)c3ccc(S(=O)(=O)N(C)C)cc3)CC2)cc1. The summed E-state index contributed by atoms with van der Waals surface area (Å²) < 4.78 is 25.4. The number of hydrogen-bond donors (Lipinski definition) is 0. The van der Waals surface area contributed by atoms with E-state index in [1.54, 1.807) is 9.80 Å². The van der Waals surface area contributed by atoms with Gasteiger partial charge in [-0.1, -0.05) is 17.7 Å². The molecule has 0 spiro atoms. The van der Waals surface area contributed by atoms with Crippen molar-refractivity contribution < 1.29 is 18.0 Å². The predicted octanol–water partition coefficient (Wildman–Crippen LogP) is 1.84. The molecule has 2 amide bonds. The lowest BCUT2D eigenvalue weighted by Crippen LogP contribution is -2.50. The fourth-order valence-corrected chi connectivity index (χ4v) is 4.06. The standard InChI is InChI=1S/C21H25N3O4S/c1-16-4-6-17(7-5-16)20(25)23-12-14-24(15-13-23)21(26)18-8-10-19(11-9-18)29(27,28)22(2)3/h4-11H,12-15H2,1-3H3. The number of hydrogen-bond acceptors (Lipinski definition) is 4. The van der Waals surface area contributed by atoms with Crippen molar-refractivity contribution in [1.29, 1.82) is 0 Å². The van der Waals surface area contributed by atoms with Gasteiger partial charge in [0.2, 0.25) is 10.0 Å². The van der Waals surface area contributed by atoms with Crippen molar-refractivity contribution in [2.24, 2.45) is 0 Å². The summed E-state index contributed by atoms with van der Waals surface area (Å²) in [5.41, 5.74) is 2.18. The van der Waals surface area contributed by atoms with Crippen molar-refractivity contribution >= 4 is 21.8 Å². The maximum Gasteiger partial charge on any atom is 0.253 e. The van der Waals surface area contributed by atoms with E-state index in [1.165, 1.54) is 38.4 Å². The van der Waals surface area contributed by atoms with Gasteiger partial charge in [0.25, 0.3) is 11.8 Å². The lowest BCUT2D eigenvalue weighted by atomic mass is 10.1. The van der Waals surface area contributed by atoms with Crippen LogP contribution in [0.25, 0.3) is 0 Å². The van der Waals surface area contributed by atoms with Gasteiger partial charge >= 0.3 is 0 Å². The largest absolute Gasteiger partial charge is 0.335 e. The van der Waals surface area contributed by atoms with Crippen LogP contribution in [0.3, 0.4) is 0 Å². The Bertz CT molecular complexity index is 991. The molecule has 8 heteroatoms. The van der Waals surface area contributed by atoms with Gasteiger partial charge in [0.05, 0.1) is 4.90 Å². The molecule has 1 fully saturated rings. The Kier molecular flexibility index (Phi) is 6.04. The van der Waals surface area contributed by atoms with Crippen LogP contribution in [0, 0.1) is 6.92 Å². The number of nitrogens with zero attached hydrogens (tertiary/aromatic N) is 3. The zero-order valence-electron chi connectivity index (χ0n) is 16.8. The van der Waals surface area contributed by atoms with Crippen LogP contribution in [-0.4, -0.2) is 74.6 Å². The van der Waals surface area contributed by atoms with Crippen LogP contribution >= 0.6 is 0 Å². The maximum absolute atomic E-state index is 12.7. The van der Waals surface area contributed by atoms with E-state index in [4.69, 9.17) is 0 Å². The lowest BCUT2D eigenvalue weighted by molar-refractivity contribution is 0.0535. The van der Waals surface area contributed by atoms with Crippen molar-refractivity contribution in [1.82, 2.24) is 14.1 Å². The molecule has 1 saturated heterocycles. The van der Waals surface area contributed by atoms with Gasteiger partial charge in [-0.3, -0.25) is 9.59 Å². The number of carbonyl (C=O) groups excluding carboxylic acids is 2. The van der Waals surface area contributed by atoms with Crippen LogP contribution in [0.5, 0.6) is 0 Å².